The van der Waals surface area contributed by atoms with Crippen LogP contribution in [0.1, 0.15) is 15.9 Å². The number of allylic oxidation sites excluding steroid dienone is 1. The Hall–Kier alpha value is -2.86. The van der Waals surface area contributed by atoms with Crippen molar-refractivity contribution in [3.8, 4) is 0 Å². The standard InChI is InChI=1S/C26H26Cl2N4O/c27-22-12-6-13-23(24(22)28)32-18-16-31(17-19-32)15-5-4-8-20-11-7-14-29-25(20)30-26(33)21-9-2-1-3-10-21/h1-7,9-14H,8,15-19H2,(H,29,30,33)/b5-4+. The molecule has 0 saturated carbocycles. The van der Waals surface area contributed by atoms with Crippen molar-refractivity contribution in [1.29, 1.82) is 0 Å². The average Bonchev–Trinajstić information content (AvgIpc) is 2.85. The number of hydrogen-bond donors (Lipinski definition) is 1. The van der Waals surface area contributed by atoms with E-state index in [4.69, 9.17) is 23.2 Å². The fourth-order valence-electron chi connectivity index (χ4n) is 3.83. The van der Waals surface area contributed by atoms with E-state index in [1.165, 1.54) is 0 Å². The maximum atomic E-state index is 12.5. The molecular weight excluding hydrogens is 455 g/mol. The van der Waals surface area contributed by atoms with Crippen LogP contribution in [0.3, 0.4) is 0 Å². The normalized spacial score (nSPS) is 14.5. The number of pyridine rings is 1. The van der Waals surface area contributed by atoms with E-state index in [0.717, 1.165) is 44.0 Å². The van der Waals surface area contributed by atoms with E-state index < -0.39 is 0 Å². The van der Waals surface area contributed by atoms with Crippen LogP contribution in [0.25, 0.3) is 0 Å². The molecule has 2 aromatic carbocycles. The van der Waals surface area contributed by atoms with E-state index in [-0.39, 0.29) is 5.91 Å². The number of benzene rings is 2. The topological polar surface area (TPSA) is 48.5 Å². The van der Waals surface area contributed by atoms with Gasteiger partial charge in [0.05, 0.1) is 15.7 Å². The molecule has 0 spiro atoms. The number of nitrogens with zero attached hydrogens (tertiary/aromatic N) is 3. The van der Waals surface area contributed by atoms with Crippen LogP contribution in [-0.4, -0.2) is 48.5 Å². The summed E-state index contributed by atoms with van der Waals surface area (Å²) in [5, 5.41) is 4.14. The van der Waals surface area contributed by atoms with Crippen molar-refractivity contribution in [3.63, 3.8) is 0 Å². The summed E-state index contributed by atoms with van der Waals surface area (Å²) in [6.07, 6.45) is 6.71. The van der Waals surface area contributed by atoms with E-state index in [1.807, 2.05) is 48.5 Å². The first-order chi connectivity index (χ1) is 16.1. The van der Waals surface area contributed by atoms with Gasteiger partial charge in [-0.3, -0.25) is 9.69 Å². The molecule has 170 valence electrons. The van der Waals surface area contributed by atoms with Crippen LogP contribution >= 0.6 is 23.2 Å². The Morgan fingerprint density at radius 1 is 0.939 bits per heavy atom. The van der Waals surface area contributed by atoms with Crippen molar-refractivity contribution in [2.24, 2.45) is 0 Å². The van der Waals surface area contributed by atoms with Gasteiger partial charge in [0.15, 0.2) is 0 Å². The second kappa shape index (κ2) is 11.3. The minimum absolute atomic E-state index is 0.155. The third kappa shape index (κ3) is 6.14. The number of aromatic nitrogens is 1. The zero-order valence-electron chi connectivity index (χ0n) is 18.3. The highest BCUT2D eigenvalue weighted by Gasteiger charge is 2.19. The maximum absolute atomic E-state index is 12.5. The quantitative estimate of drug-likeness (QED) is 0.449. The molecule has 0 unspecified atom stereocenters. The maximum Gasteiger partial charge on any atom is 0.256 e. The van der Waals surface area contributed by atoms with Crippen molar-refractivity contribution in [1.82, 2.24) is 9.88 Å². The Kier molecular flexibility index (Phi) is 8.00. The molecule has 1 N–H and O–H groups in total. The van der Waals surface area contributed by atoms with Crippen molar-refractivity contribution in [2.75, 3.05) is 42.9 Å². The van der Waals surface area contributed by atoms with Crippen LogP contribution in [-0.2, 0) is 6.42 Å². The van der Waals surface area contributed by atoms with Gasteiger partial charge < -0.3 is 10.2 Å². The average molecular weight is 481 g/mol. The number of carbonyl (C=O) groups excluding carboxylic acids is 1. The molecule has 1 amide bonds. The summed E-state index contributed by atoms with van der Waals surface area (Å²) in [7, 11) is 0. The summed E-state index contributed by atoms with van der Waals surface area (Å²) >= 11 is 12.5. The number of halogens is 2. The van der Waals surface area contributed by atoms with Gasteiger partial charge in [0, 0.05) is 44.5 Å². The second-order valence-electron chi connectivity index (χ2n) is 7.87. The van der Waals surface area contributed by atoms with Crippen molar-refractivity contribution >= 4 is 40.6 Å². The Morgan fingerprint density at radius 3 is 2.52 bits per heavy atom. The molecular formula is C26H26Cl2N4O. The summed E-state index contributed by atoms with van der Waals surface area (Å²) in [6, 6.07) is 18.8. The van der Waals surface area contributed by atoms with Crippen LogP contribution < -0.4 is 10.2 Å². The van der Waals surface area contributed by atoms with Gasteiger partial charge in [0.1, 0.15) is 5.82 Å². The van der Waals surface area contributed by atoms with Crippen molar-refractivity contribution in [3.05, 3.63) is 100 Å². The Morgan fingerprint density at radius 2 is 1.73 bits per heavy atom. The smallest absolute Gasteiger partial charge is 0.256 e. The number of amides is 1. The van der Waals surface area contributed by atoms with E-state index >= 15 is 0 Å². The zero-order valence-corrected chi connectivity index (χ0v) is 19.8. The van der Waals surface area contributed by atoms with Crippen LogP contribution in [0.2, 0.25) is 10.0 Å². The summed E-state index contributed by atoms with van der Waals surface area (Å²) in [4.78, 5) is 21.5. The highest BCUT2D eigenvalue weighted by Crippen LogP contribution is 2.32. The third-order valence-electron chi connectivity index (χ3n) is 5.67. The monoisotopic (exact) mass is 480 g/mol. The predicted octanol–water partition coefficient (Wildman–Crippen LogP) is 5.56. The number of piperazine rings is 1. The lowest BCUT2D eigenvalue weighted by Crippen LogP contribution is -2.46. The number of carbonyl (C=O) groups is 1. The Balaban J connectivity index is 1.28. The lowest BCUT2D eigenvalue weighted by Gasteiger charge is -2.36. The molecule has 1 fully saturated rings. The van der Waals surface area contributed by atoms with Gasteiger partial charge in [0.2, 0.25) is 0 Å². The molecule has 3 aromatic rings. The first kappa shape index (κ1) is 23.3. The number of hydrogen-bond acceptors (Lipinski definition) is 4. The molecule has 2 heterocycles. The van der Waals surface area contributed by atoms with Crippen molar-refractivity contribution < 1.29 is 4.79 Å². The third-order valence-corrected chi connectivity index (χ3v) is 6.48. The highest BCUT2D eigenvalue weighted by molar-refractivity contribution is 6.43. The zero-order chi connectivity index (χ0) is 23.0. The van der Waals surface area contributed by atoms with Gasteiger partial charge in [-0.05, 0) is 42.3 Å². The number of anilines is 2. The van der Waals surface area contributed by atoms with Crippen LogP contribution in [0.4, 0.5) is 11.5 Å². The fraction of sp³-hybridized carbons (Fsp3) is 0.231. The molecule has 33 heavy (non-hydrogen) atoms. The highest BCUT2D eigenvalue weighted by atomic mass is 35.5. The van der Waals surface area contributed by atoms with Gasteiger partial charge >= 0.3 is 0 Å². The lowest BCUT2D eigenvalue weighted by molar-refractivity contribution is 0.102. The van der Waals surface area contributed by atoms with Gasteiger partial charge in [-0.15, -0.1) is 0 Å². The van der Waals surface area contributed by atoms with Crippen molar-refractivity contribution in [2.45, 2.75) is 6.42 Å². The molecule has 7 heteroatoms. The lowest BCUT2D eigenvalue weighted by atomic mass is 10.1. The van der Waals surface area contributed by atoms with Crippen LogP contribution in [0.15, 0.2) is 79.0 Å². The summed E-state index contributed by atoms with van der Waals surface area (Å²) in [6.45, 7) is 4.61. The molecule has 1 saturated heterocycles. The molecule has 0 atom stereocenters. The van der Waals surface area contributed by atoms with E-state index in [2.05, 4.69) is 32.3 Å². The van der Waals surface area contributed by atoms with Gasteiger partial charge in [0.25, 0.3) is 5.91 Å². The van der Waals surface area contributed by atoms with E-state index in [0.29, 0.717) is 27.8 Å². The summed E-state index contributed by atoms with van der Waals surface area (Å²) in [5.74, 6) is 0.445. The predicted molar refractivity (Wildman–Crippen MR) is 137 cm³/mol. The molecule has 1 aliphatic rings. The minimum atomic E-state index is -0.155. The largest absolute Gasteiger partial charge is 0.368 e. The molecule has 1 aliphatic heterocycles. The molecule has 4 rings (SSSR count). The van der Waals surface area contributed by atoms with Crippen LogP contribution in [0, 0.1) is 0 Å². The molecule has 0 radical (unpaired) electrons. The van der Waals surface area contributed by atoms with E-state index in [9.17, 15) is 4.79 Å². The molecule has 5 nitrogen and oxygen atoms in total. The van der Waals surface area contributed by atoms with Crippen LogP contribution in [0.5, 0.6) is 0 Å². The molecule has 0 bridgehead atoms. The van der Waals surface area contributed by atoms with Gasteiger partial charge in [-0.1, -0.05) is 65.7 Å². The summed E-state index contributed by atoms with van der Waals surface area (Å²) < 4.78 is 0. The SMILES string of the molecule is O=C(Nc1ncccc1C/C=C/CN1CCN(c2cccc(Cl)c2Cl)CC1)c1ccccc1. The Bertz CT molecular complexity index is 1110. The van der Waals surface area contributed by atoms with Gasteiger partial charge in [-0.2, -0.15) is 0 Å². The first-order valence-corrected chi connectivity index (χ1v) is 11.7. The second-order valence-corrected chi connectivity index (χ2v) is 8.65. The minimum Gasteiger partial charge on any atom is -0.368 e. The molecule has 1 aromatic heterocycles. The first-order valence-electron chi connectivity index (χ1n) is 11.0. The molecule has 0 aliphatic carbocycles. The number of rotatable bonds is 7. The Labute approximate surface area is 204 Å². The van der Waals surface area contributed by atoms with E-state index in [1.54, 1.807) is 18.3 Å². The fourth-order valence-corrected chi connectivity index (χ4v) is 4.24. The van der Waals surface area contributed by atoms with Gasteiger partial charge in [-0.25, -0.2) is 4.98 Å². The summed E-state index contributed by atoms with van der Waals surface area (Å²) in [5.41, 5.74) is 2.60. The number of nitrogens with one attached hydrogen (secondary N) is 1.